The Morgan fingerprint density at radius 3 is 2.72 bits per heavy atom. The summed E-state index contributed by atoms with van der Waals surface area (Å²) < 4.78 is 7.97. The highest BCUT2D eigenvalue weighted by Crippen LogP contribution is 2.26. The van der Waals surface area contributed by atoms with Crippen molar-refractivity contribution < 1.29 is 9.53 Å². The van der Waals surface area contributed by atoms with Gasteiger partial charge in [-0.05, 0) is 68.0 Å². The maximum atomic E-state index is 12.3. The molecular formula is C25H28N4O2S. The van der Waals surface area contributed by atoms with E-state index < -0.39 is 0 Å². The van der Waals surface area contributed by atoms with E-state index in [0.717, 1.165) is 29.8 Å². The number of carbonyl (C=O) groups is 1. The first kappa shape index (κ1) is 22.1. The number of rotatable bonds is 9. The molecule has 7 heteroatoms. The van der Waals surface area contributed by atoms with E-state index in [1.54, 1.807) is 6.08 Å². The molecule has 1 N–H and O–H groups in total. The van der Waals surface area contributed by atoms with E-state index in [2.05, 4.69) is 34.2 Å². The van der Waals surface area contributed by atoms with Gasteiger partial charge in [-0.15, -0.1) is 16.8 Å². The minimum atomic E-state index is -0.0844. The summed E-state index contributed by atoms with van der Waals surface area (Å²) in [5.41, 5.74) is 4.76. The summed E-state index contributed by atoms with van der Waals surface area (Å²) in [5, 5.41) is 12.2. The van der Waals surface area contributed by atoms with Crippen LogP contribution in [0.2, 0.25) is 0 Å². The normalized spacial score (nSPS) is 12.8. The molecule has 0 fully saturated rings. The predicted octanol–water partition coefficient (Wildman–Crippen LogP) is 4.96. The first-order chi connectivity index (χ1) is 15.6. The van der Waals surface area contributed by atoms with E-state index in [1.165, 1.54) is 35.7 Å². The molecule has 1 aromatic heterocycles. The zero-order valence-electron chi connectivity index (χ0n) is 18.3. The molecule has 0 saturated carbocycles. The van der Waals surface area contributed by atoms with E-state index in [9.17, 15) is 4.79 Å². The number of anilines is 1. The number of benzene rings is 2. The van der Waals surface area contributed by atoms with Gasteiger partial charge in [0.25, 0.3) is 0 Å². The Hall–Kier alpha value is -3.06. The molecule has 0 atom stereocenters. The summed E-state index contributed by atoms with van der Waals surface area (Å²) in [6.07, 6.45) is 6.57. The van der Waals surface area contributed by atoms with Crippen molar-refractivity contribution in [3.63, 3.8) is 0 Å². The van der Waals surface area contributed by atoms with Crippen molar-refractivity contribution in [2.24, 2.45) is 0 Å². The van der Waals surface area contributed by atoms with Gasteiger partial charge in [0.15, 0.2) is 11.0 Å². The number of carbonyl (C=O) groups excluding carboxylic acids is 1. The molecule has 166 valence electrons. The van der Waals surface area contributed by atoms with Gasteiger partial charge in [-0.2, -0.15) is 0 Å². The molecule has 6 nitrogen and oxygen atoms in total. The fraction of sp³-hybridized carbons (Fsp3) is 0.320. The molecule has 0 bridgehead atoms. The third-order valence-electron chi connectivity index (χ3n) is 5.46. The number of amides is 1. The second-order valence-electron chi connectivity index (χ2n) is 7.93. The Morgan fingerprint density at radius 1 is 1.16 bits per heavy atom. The summed E-state index contributed by atoms with van der Waals surface area (Å²) in [7, 11) is 0. The van der Waals surface area contributed by atoms with Gasteiger partial charge in [0.2, 0.25) is 5.91 Å². The van der Waals surface area contributed by atoms with E-state index >= 15 is 0 Å². The maximum Gasteiger partial charge on any atom is 0.234 e. The molecule has 0 spiro atoms. The van der Waals surface area contributed by atoms with Gasteiger partial charge in [-0.1, -0.05) is 41.6 Å². The maximum absolute atomic E-state index is 12.3. The number of nitrogens with one attached hydrogen (secondary N) is 1. The molecule has 0 radical (unpaired) electrons. The monoisotopic (exact) mass is 448 g/mol. The van der Waals surface area contributed by atoms with Crippen LogP contribution in [-0.4, -0.2) is 26.4 Å². The SMILES string of the molecule is C=CCn1c(COc2ccc3c(c2)CCCC3)nnc1SCC(=O)Nc1ccc(C)cc1. The van der Waals surface area contributed by atoms with Crippen LogP contribution < -0.4 is 10.1 Å². The average Bonchev–Trinajstić information content (AvgIpc) is 3.19. The van der Waals surface area contributed by atoms with Crippen molar-refractivity contribution >= 4 is 23.4 Å². The van der Waals surface area contributed by atoms with Gasteiger partial charge in [0.1, 0.15) is 12.4 Å². The number of hydrogen-bond donors (Lipinski definition) is 1. The molecule has 32 heavy (non-hydrogen) atoms. The number of allylic oxidation sites excluding steroid dienone is 1. The van der Waals surface area contributed by atoms with E-state index in [4.69, 9.17) is 4.74 Å². The number of thioether (sulfide) groups is 1. The van der Waals surface area contributed by atoms with Crippen LogP contribution in [0, 0.1) is 6.92 Å². The summed E-state index contributed by atoms with van der Waals surface area (Å²) in [6, 6.07) is 14.1. The highest BCUT2D eigenvalue weighted by atomic mass is 32.2. The van der Waals surface area contributed by atoms with Crippen molar-refractivity contribution in [1.29, 1.82) is 0 Å². The highest BCUT2D eigenvalue weighted by molar-refractivity contribution is 7.99. The Bertz CT molecular complexity index is 1090. The molecule has 0 unspecified atom stereocenters. The highest BCUT2D eigenvalue weighted by Gasteiger charge is 2.15. The molecule has 1 aliphatic rings. The third kappa shape index (κ3) is 5.59. The lowest BCUT2D eigenvalue weighted by molar-refractivity contribution is -0.113. The van der Waals surface area contributed by atoms with Gasteiger partial charge in [-0.25, -0.2) is 0 Å². The molecular weight excluding hydrogens is 420 g/mol. The molecule has 0 saturated heterocycles. The van der Waals surface area contributed by atoms with E-state index in [0.29, 0.717) is 24.1 Å². The second-order valence-corrected chi connectivity index (χ2v) is 8.87. The predicted molar refractivity (Wildman–Crippen MR) is 128 cm³/mol. The lowest BCUT2D eigenvalue weighted by Crippen LogP contribution is -2.15. The Balaban J connectivity index is 1.37. The lowest BCUT2D eigenvalue weighted by Gasteiger charge is -2.16. The van der Waals surface area contributed by atoms with Crippen LogP contribution in [-0.2, 0) is 30.8 Å². The molecule has 2 aromatic carbocycles. The van der Waals surface area contributed by atoms with Gasteiger partial charge in [-0.3, -0.25) is 9.36 Å². The zero-order valence-corrected chi connectivity index (χ0v) is 19.2. The van der Waals surface area contributed by atoms with Crippen molar-refractivity contribution in [3.8, 4) is 5.75 Å². The van der Waals surface area contributed by atoms with Gasteiger partial charge in [0.05, 0.1) is 5.75 Å². The summed E-state index contributed by atoms with van der Waals surface area (Å²) >= 11 is 1.35. The standard InChI is InChI=1S/C25H28N4O2S/c1-3-14-29-23(16-31-22-13-10-19-6-4-5-7-20(19)15-22)27-28-25(29)32-17-24(30)26-21-11-8-18(2)9-12-21/h3,8-13,15H,1,4-7,14,16-17H2,2H3,(H,26,30). The van der Waals surface area contributed by atoms with Crippen LogP contribution in [0.4, 0.5) is 5.69 Å². The minimum absolute atomic E-state index is 0.0844. The lowest BCUT2D eigenvalue weighted by atomic mass is 9.92. The van der Waals surface area contributed by atoms with Crippen LogP contribution >= 0.6 is 11.8 Å². The Morgan fingerprint density at radius 2 is 1.94 bits per heavy atom. The number of hydrogen-bond acceptors (Lipinski definition) is 5. The molecule has 4 rings (SSSR count). The first-order valence-electron chi connectivity index (χ1n) is 10.9. The first-order valence-corrected chi connectivity index (χ1v) is 11.9. The van der Waals surface area contributed by atoms with Crippen molar-refractivity contribution in [2.45, 2.75) is 50.9 Å². The van der Waals surface area contributed by atoms with Gasteiger partial charge in [0, 0.05) is 12.2 Å². The van der Waals surface area contributed by atoms with Crippen LogP contribution in [0.25, 0.3) is 0 Å². The van der Waals surface area contributed by atoms with E-state index in [1.807, 2.05) is 41.8 Å². The minimum Gasteiger partial charge on any atom is -0.486 e. The fourth-order valence-corrected chi connectivity index (χ4v) is 4.52. The molecule has 1 amide bonds. The van der Waals surface area contributed by atoms with Crippen LogP contribution in [0.5, 0.6) is 5.75 Å². The molecule has 0 aliphatic heterocycles. The topological polar surface area (TPSA) is 69.0 Å². The average molecular weight is 449 g/mol. The largest absolute Gasteiger partial charge is 0.486 e. The van der Waals surface area contributed by atoms with Crippen molar-refractivity contribution in [3.05, 3.63) is 77.6 Å². The van der Waals surface area contributed by atoms with E-state index in [-0.39, 0.29) is 11.7 Å². The van der Waals surface area contributed by atoms with Gasteiger partial charge >= 0.3 is 0 Å². The Kier molecular flexibility index (Phi) is 7.27. The third-order valence-corrected chi connectivity index (χ3v) is 6.43. The quantitative estimate of drug-likeness (QED) is 0.370. The number of nitrogens with zero attached hydrogens (tertiary/aromatic N) is 3. The molecule has 1 heterocycles. The molecule has 3 aromatic rings. The number of fused-ring (bicyclic) bond motifs is 1. The smallest absolute Gasteiger partial charge is 0.234 e. The molecule has 1 aliphatic carbocycles. The summed E-state index contributed by atoms with van der Waals surface area (Å²) in [5.74, 6) is 1.72. The fourth-order valence-electron chi connectivity index (χ4n) is 3.76. The second kappa shape index (κ2) is 10.5. The van der Waals surface area contributed by atoms with Crippen LogP contribution in [0.15, 0.2) is 60.3 Å². The van der Waals surface area contributed by atoms with Crippen molar-refractivity contribution in [1.82, 2.24) is 14.8 Å². The zero-order chi connectivity index (χ0) is 22.3. The summed E-state index contributed by atoms with van der Waals surface area (Å²) in [6.45, 7) is 6.72. The summed E-state index contributed by atoms with van der Waals surface area (Å²) in [4.78, 5) is 12.3. The van der Waals surface area contributed by atoms with Crippen LogP contribution in [0.1, 0.15) is 35.4 Å². The van der Waals surface area contributed by atoms with Gasteiger partial charge < -0.3 is 10.1 Å². The number of aryl methyl sites for hydroxylation is 3. The Labute approximate surface area is 193 Å². The number of ether oxygens (including phenoxy) is 1. The van der Waals surface area contributed by atoms with Crippen molar-refractivity contribution in [2.75, 3.05) is 11.1 Å². The van der Waals surface area contributed by atoms with Crippen LogP contribution in [0.3, 0.4) is 0 Å². The number of aromatic nitrogens is 3.